The van der Waals surface area contributed by atoms with Crippen molar-refractivity contribution in [2.45, 2.75) is 38.1 Å². The minimum absolute atomic E-state index is 0.0461. The lowest BCUT2D eigenvalue weighted by Crippen LogP contribution is -2.44. The Morgan fingerprint density at radius 2 is 1.68 bits per heavy atom. The predicted octanol–water partition coefficient (Wildman–Crippen LogP) is 5.69. The normalized spacial score (nSPS) is 15.2. The summed E-state index contributed by atoms with van der Waals surface area (Å²) in [5.74, 6) is -0.851. The van der Waals surface area contributed by atoms with Crippen LogP contribution < -0.4 is 4.90 Å². The third-order valence-electron chi connectivity index (χ3n) is 6.93. The van der Waals surface area contributed by atoms with Gasteiger partial charge in [-0.15, -0.1) is 0 Å². The highest BCUT2D eigenvalue weighted by molar-refractivity contribution is 7.89. The molecule has 1 fully saturated rings. The number of benzene rings is 3. The van der Waals surface area contributed by atoms with Crippen LogP contribution in [-0.4, -0.2) is 36.7 Å². The minimum atomic E-state index is -3.74. The molecule has 0 saturated carbocycles. The number of fused-ring (bicyclic) bond motifs is 1. The van der Waals surface area contributed by atoms with E-state index in [-0.39, 0.29) is 29.8 Å². The molecule has 0 radical (unpaired) electrons. The summed E-state index contributed by atoms with van der Waals surface area (Å²) in [6, 6.07) is 18.8. The Hall–Kier alpha value is -3.14. The van der Waals surface area contributed by atoms with Crippen LogP contribution in [0.15, 0.2) is 71.6 Å². The summed E-state index contributed by atoms with van der Waals surface area (Å²) in [6.07, 6.45) is 0.821. The van der Waals surface area contributed by atoms with Gasteiger partial charge in [0.1, 0.15) is 5.82 Å². The summed E-state index contributed by atoms with van der Waals surface area (Å²) in [7, 11) is -3.74. The number of piperidine rings is 1. The Morgan fingerprint density at radius 1 is 1.03 bits per heavy atom. The fourth-order valence-corrected chi connectivity index (χ4v) is 7.13. The van der Waals surface area contributed by atoms with Crippen LogP contribution in [0.2, 0.25) is 0 Å². The monoisotopic (exact) mass is 537 g/mol. The first-order chi connectivity index (χ1) is 17.7. The Morgan fingerprint density at radius 3 is 2.35 bits per heavy atom. The van der Waals surface area contributed by atoms with Crippen molar-refractivity contribution >= 4 is 42.6 Å². The second-order valence-electron chi connectivity index (χ2n) is 9.44. The molecule has 9 heteroatoms. The van der Waals surface area contributed by atoms with Gasteiger partial charge in [-0.2, -0.15) is 4.31 Å². The number of aryl methyl sites for hydroxylation is 2. The van der Waals surface area contributed by atoms with E-state index in [9.17, 15) is 17.6 Å². The molecule has 37 heavy (non-hydrogen) atoms. The average molecular weight is 538 g/mol. The summed E-state index contributed by atoms with van der Waals surface area (Å²) in [5.41, 5.74) is 4.20. The number of aromatic nitrogens is 1. The number of nitrogens with zero attached hydrogens (tertiary/aromatic N) is 3. The lowest BCUT2D eigenvalue weighted by molar-refractivity contribution is -0.123. The second kappa shape index (κ2) is 10.3. The van der Waals surface area contributed by atoms with Crippen LogP contribution in [0.1, 0.15) is 29.5 Å². The maximum Gasteiger partial charge on any atom is 0.243 e. The fourth-order valence-electron chi connectivity index (χ4n) is 4.61. The van der Waals surface area contributed by atoms with Gasteiger partial charge in [0.25, 0.3) is 0 Å². The van der Waals surface area contributed by atoms with Gasteiger partial charge >= 0.3 is 0 Å². The maximum atomic E-state index is 13.9. The van der Waals surface area contributed by atoms with E-state index in [1.165, 1.54) is 33.3 Å². The Kier molecular flexibility index (Phi) is 7.11. The van der Waals surface area contributed by atoms with Gasteiger partial charge in [0.05, 0.1) is 21.7 Å². The molecule has 5 rings (SSSR count). The van der Waals surface area contributed by atoms with Crippen LogP contribution in [-0.2, 0) is 21.4 Å². The zero-order valence-electron chi connectivity index (χ0n) is 20.7. The van der Waals surface area contributed by atoms with Crippen molar-refractivity contribution in [3.8, 4) is 0 Å². The van der Waals surface area contributed by atoms with Crippen LogP contribution in [0, 0.1) is 25.6 Å². The summed E-state index contributed by atoms with van der Waals surface area (Å²) in [6.45, 7) is 4.97. The highest BCUT2D eigenvalue weighted by atomic mass is 32.2. The molecule has 1 saturated heterocycles. The van der Waals surface area contributed by atoms with E-state index < -0.39 is 15.8 Å². The molecule has 3 aromatic carbocycles. The number of halogens is 1. The Balaban J connectivity index is 1.38. The first-order valence-electron chi connectivity index (χ1n) is 12.2. The van der Waals surface area contributed by atoms with Crippen molar-refractivity contribution in [2.24, 2.45) is 5.92 Å². The number of rotatable bonds is 6. The van der Waals surface area contributed by atoms with E-state index in [1.807, 2.05) is 30.3 Å². The fraction of sp³-hybridized carbons (Fsp3) is 0.286. The van der Waals surface area contributed by atoms with Crippen LogP contribution in [0.4, 0.5) is 9.52 Å². The Bertz CT molecular complexity index is 1490. The van der Waals surface area contributed by atoms with Gasteiger partial charge in [0.2, 0.25) is 15.9 Å². The molecule has 0 N–H and O–H groups in total. The van der Waals surface area contributed by atoms with Crippen molar-refractivity contribution < 1.29 is 17.6 Å². The van der Waals surface area contributed by atoms with E-state index in [0.29, 0.717) is 24.5 Å². The summed E-state index contributed by atoms with van der Waals surface area (Å²) in [5, 5.41) is 0.648. The molecular weight excluding hydrogens is 509 g/mol. The van der Waals surface area contributed by atoms with Crippen LogP contribution in [0.25, 0.3) is 10.2 Å². The molecule has 1 aliphatic heterocycles. The smallest absolute Gasteiger partial charge is 0.243 e. The molecule has 0 unspecified atom stereocenters. The van der Waals surface area contributed by atoms with Crippen molar-refractivity contribution in [1.82, 2.24) is 9.29 Å². The van der Waals surface area contributed by atoms with E-state index >= 15 is 0 Å². The van der Waals surface area contributed by atoms with Crippen molar-refractivity contribution in [3.63, 3.8) is 0 Å². The zero-order chi connectivity index (χ0) is 26.2. The molecule has 1 aromatic heterocycles. The molecule has 192 valence electrons. The molecule has 1 aliphatic rings. The number of anilines is 1. The predicted molar refractivity (Wildman–Crippen MR) is 145 cm³/mol. The van der Waals surface area contributed by atoms with Crippen LogP contribution in [0.5, 0.6) is 0 Å². The van der Waals surface area contributed by atoms with Crippen molar-refractivity contribution in [2.75, 3.05) is 18.0 Å². The van der Waals surface area contributed by atoms with E-state index in [1.54, 1.807) is 4.90 Å². The quantitative estimate of drug-likeness (QED) is 0.317. The summed E-state index contributed by atoms with van der Waals surface area (Å²) < 4.78 is 41.7. The van der Waals surface area contributed by atoms with Gasteiger partial charge < -0.3 is 0 Å². The van der Waals surface area contributed by atoms with Crippen molar-refractivity contribution in [3.05, 3.63) is 89.2 Å². The molecule has 1 amide bonds. The van der Waals surface area contributed by atoms with Gasteiger partial charge in [-0.25, -0.2) is 17.8 Å². The van der Waals surface area contributed by atoms with E-state index in [2.05, 4.69) is 26.0 Å². The number of carbonyl (C=O) groups excluding carboxylic acids is 1. The van der Waals surface area contributed by atoms with E-state index in [4.69, 9.17) is 4.98 Å². The second-order valence-corrected chi connectivity index (χ2v) is 12.4. The molecule has 0 bridgehead atoms. The molecule has 6 nitrogen and oxygen atoms in total. The molecule has 4 aromatic rings. The van der Waals surface area contributed by atoms with E-state index in [0.717, 1.165) is 33.5 Å². The molecule has 2 heterocycles. The first-order valence-corrected chi connectivity index (χ1v) is 14.5. The highest BCUT2D eigenvalue weighted by Gasteiger charge is 2.35. The first kappa shape index (κ1) is 25.5. The number of hydrogen-bond acceptors (Lipinski definition) is 5. The lowest BCUT2D eigenvalue weighted by atomic mass is 9.96. The van der Waals surface area contributed by atoms with Gasteiger partial charge in [-0.1, -0.05) is 41.7 Å². The van der Waals surface area contributed by atoms with Gasteiger partial charge in [0, 0.05) is 19.0 Å². The number of sulfonamides is 1. The molecule has 0 spiro atoms. The van der Waals surface area contributed by atoms with Gasteiger partial charge in [0.15, 0.2) is 5.13 Å². The average Bonchev–Trinajstić information content (AvgIpc) is 3.30. The summed E-state index contributed by atoms with van der Waals surface area (Å²) >= 11 is 1.50. The summed E-state index contributed by atoms with van der Waals surface area (Å²) in [4.78, 5) is 20.5. The zero-order valence-corrected chi connectivity index (χ0v) is 22.4. The third kappa shape index (κ3) is 5.30. The van der Waals surface area contributed by atoms with Gasteiger partial charge in [-0.3, -0.25) is 9.69 Å². The van der Waals surface area contributed by atoms with Gasteiger partial charge in [-0.05, 0) is 79.8 Å². The standard InChI is InChI=1S/C28H28FN3O3S2/c1-19-16-25-26(17-20(19)2)36-28(30-25)32(18-21-6-4-3-5-7-21)27(33)22-12-14-31(15-13-22)37(34,35)24-10-8-23(29)9-11-24/h3-11,16-17,22H,12-15,18H2,1-2H3. The number of hydrogen-bond donors (Lipinski definition) is 0. The molecule has 0 atom stereocenters. The minimum Gasteiger partial charge on any atom is -0.283 e. The van der Waals surface area contributed by atoms with Crippen molar-refractivity contribution in [1.29, 1.82) is 0 Å². The number of thiazole rings is 1. The lowest BCUT2D eigenvalue weighted by Gasteiger charge is -2.33. The van der Waals surface area contributed by atoms with Crippen LogP contribution >= 0.6 is 11.3 Å². The highest BCUT2D eigenvalue weighted by Crippen LogP contribution is 2.34. The SMILES string of the molecule is Cc1cc2nc(N(Cc3ccccc3)C(=O)C3CCN(S(=O)(=O)c4ccc(F)cc4)CC3)sc2cc1C. The largest absolute Gasteiger partial charge is 0.283 e. The molecular formula is C28H28FN3O3S2. The maximum absolute atomic E-state index is 13.9. The number of amides is 1. The topological polar surface area (TPSA) is 70.6 Å². The molecule has 0 aliphatic carbocycles. The van der Waals surface area contributed by atoms with Crippen LogP contribution in [0.3, 0.4) is 0 Å². The number of carbonyl (C=O) groups is 1. The Labute approximate surface area is 220 Å². The third-order valence-corrected chi connectivity index (χ3v) is 9.88.